The fourth-order valence-corrected chi connectivity index (χ4v) is 2.63. The second-order valence-corrected chi connectivity index (χ2v) is 5.38. The Labute approximate surface area is 108 Å². The van der Waals surface area contributed by atoms with Gasteiger partial charge in [-0.1, -0.05) is 25.1 Å². The maximum atomic E-state index is 4.70. The van der Waals surface area contributed by atoms with Crippen molar-refractivity contribution in [1.82, 2.24) is 15.1 Å². The number of hydrogen-bond donors (Lipinski definition) is 1. The predicted molar refractivity (Wildman–Crippen MR) is 74.4 cm³/mol. The Hall–Kier alpha value is -1.35. The van der Waals surface area contributed by atoms with Gasteiger partial charge in [0.1, 0.15) is 0 Å². The molecular weight excluding hydrogens is 222 g/mol. The largest absolute Gasteiger partial charge is 0.311 e. The molecule has 2 atom stereocenters. The zero-order chi connectivity index (χ0) is 12.5. The lowest BCUT2D eigenvalue weighted by molar-refractivity contribution is 0.592. The molecule has 0 saturated heterocycles. The molecule has 1 fully saturated rings. The van der Waals surface area contributed by atoms with Gasteiger partial charge in [-0.2, -0.15) is 5.10 Å². The molecule has 2 aromatic rings. The van der Waals surface area contributed by atoms with E-state index in [1.807, 2.05) is 0 Å². The Morgan fingerprint density at radius 2 is 2.17 bits per heavy atom. The van der Waals surface area contributed by atoms with Crippen LogP contribution in [0.15, 0.2) is 24.3 Å². The van der Waals surface area contributed by atoms with Crippen LogP contribution in [0.1, 0.15) is 26.0 Å². The molecule has 0 radical (unpaired) electrons. The van der Waals surface area contributed by atoms with E-state index in [1.165, 1.54) is 23.0 Å². The molecule has 1 aromatic carbocycles. The van der Waals surface area contributed by atoms with Crippen LogP contribution < -0.4 is 5.32 Å². The molecule has 3 rings (SSSR count). The average Bonchev–Trinajstić information content (AvgIpc) is 2.98. The highest BCUT2D eigenvalue weighted by molar-refractivity contribution is 5.81. The van der Waals surface area contributed by atoms with Gasteiger partial charge in [0, 0.05) is 18.5 Å². The molecule has 2 unspecified atom stereocenters. The minimum atomic E-state index is 0.886. The van der Waals surface area contributed by atoms with Crippen molar-refractivity contribution in [2.75, 3.05) is 6.54 Å². The smallest absolute Gasteiger partial charge is 0.0841 e. The molecule has 1 N–H and O–H groups in total. The summed E-state index contributed by atoms with van der Waals surface area (Å²) < 4.78 is 2.09. The third kappa shape index (κ3) is 2.15. The van der Waals surface area contributed by atoms with Crippen LogP contribution >= 0.6 is 0 Å². The lowest BCUT2D eigenvalue weighted by Crippen LogP contribution is -2.17. The van der Waals surface area contributed by atoms with Gasteiger partial charge in [-0.25, -0.2) is 0 Å². The van der Waals surface area contributed by atoms with E-state index in [2.05, 4.69) is 48.1 Å². The Bertz CT molecular complexity index is 544. The second kappa shape index (κ2) is 4.73. The van der Waals surface area contributed by atoms with Gasteiger partial charge in [0.15, 0.2) is 0 Å². The number of rotatable bonds is 5. The Morgan fingerprint density at radius 3 is 2.89 bits per heavy atom. The first-order chi connectivity index (χ1) is 8.79. The van der Waals surface area contributed by atoms with Gasteiger partial charge in [-0.3, -0.25) is 4.68 Å². The maximum Gasteiger partial charge on any atom is 0.0841 e. The first kappa shape index (κ1) is 11.7. The van der Waals surface area contributed by atoms with Gasteiger partial charge < -0.3 is 5.32 Å². The van der Waals surface area contributed by atoms with E-state index in [0.717, 1.165) is 31.5 Å². The van der Waals surface area contributed by atoms with Gasteiger partial charge in [0.25, 0.3) is 0 Å². The summed E-state index contributed by atoms with van der Waals surface area (Å²) >= 11 is 0. The standard InChI is InChI=1S/C15H21N3/c1-3-18-15-7-5-4-6-13(15)14(17-18)10-16-9-12-8-11(12)2/h4-7,11-12,16H,3,8-10H2,1-2H3. The highest BCUT2D eigenvalue weighted by Crippen LogP contribution is 2.36. The molecule has 1 aliphatic rings. The van der Waals surface area contributed by atoms with E-state index in [1.54, 1.807) is 0 Å². The van der Waals surface area contributed by atoms with E-state index in [-0.39, 0.29) is 0 Å². The summed E-state index contributed by atoms with van der Waals surface area (Å²) in [5.74, 6) is 1.81. The summed E-state index contributed by atoms with van der Waals surface area (Å²) in [5.41, 5.74) is 2.43. The van der Waals surface area contributed by atoms with Crippen LogP contribution in [0.25, 0.3) is 10.9 Å². The number of benzene rings is 1. The van der Waals surface area contributed by atoms with Crippen molar-refractivity contribution in [2.24, 2.45) is 11.8 Å². The number of nitrogens with one attached hydrogen (secondary N) is 1. The van der Waals surface area contributed by atoms with Gasteiger partial charge in [-0.15, -0.1) is 0 Å². The van der Waals surface area contributed by atoms with Crippen LogP contribution in [0.3, 0.4) is 0 Å². The van der Waals surface area contributed by atoms with Crippen molar-refractivity contribution in [3.63, 3.8) is 0 Å². The van der Waals surface area contributed by atoms with Crippen molar-refractivity contribution >= 4 is 10.9 Å². The molecule has 0 bridgehead atoms. The zero-order valence-corrected chi connectivity index (χ0v) is 11.2. The summed E-state index contributed by atoms with van der Waals surface area (Å²) in [5, 5.41) is 9.53. The van der Waals surface area contributed by atoms with Crippen LogP contribution in [0, 0.1) is 11.8 Å². The molecule has 18 heavy (non-hydrogen) atoms. The third-order valence-corrected chi connectivity index (χ3v) is 4.01. The molecule has 1 saturated carbocycles. The molecule has 0 spiro atoms. The number of nitrogens with zero attached hydrogens (tertiary/aromatic N) is 2. The van der Waals surface area contributed by atoms with Crippen LogP contribution in [0.4, 0.5) is 0 Å². The number of aromatic nitrogens is 2. The lowest BCUT2D eigenvalue weighted by Gasteiger charge is -2.01. The first-order valence-corrected chi connectivity index (χ1v) is 6.94. The van der Waals surface area contributed by atoms with Crippen LogP contribution in [0.2, 0.25) is 0 Å². The first-order valence-electron chi connectivity index (χ1n) is 6.94. The van der Waals surface area contributed by atoms with E-state index in [9.17, 15) is 0 Å². The summed E-state index contributed by atoms with van der Waals surface area (Å²) in [4.78, 5) is 0. The Balaban J connectivity index is 1.74. The highest BCUT2D eigenvalue weighted by Gasteiger charge is 2.31. The van der Waals surface area contributed by atoms with Gasteiger partial charge >= 0.3 is 0 Å². The van der Waals surface area contributed by atoms with Crippen LogP contribution in [-0.4, -0.2) is 16.3 Å². The molecule has 3 heteroatoms. The monoisotopic (exact) mass is 243 g/mol. The van der Waals surface area contributed by atoms with Gasteiger partial charge in [-0.05, 0) is 37.8 Å². The fourth-order valence-electron chi connectivity index (χ4n) is 2.63. The fraction of sp³-hybridized carbons (Fsp3) is 0.533. The van der Waals surface area contributed by atoms with E-state index < -0.39 is 0 Å². The third-order valence-electron chi connectivity index (χ3n) is 4.01. The van der Waals surface area contributed by atoms with E-state index in [0.29, 0.717) is 0 Å². The number of hydrogen-bond acceptors (Lipinski definition) is 2. The van der Waals surface area contributed by atoms with Crippen molar-refractivity contribution in [1.29, 1.82) is 0 Å². The molecule has 1 aromatic heterocycles. The van der Waals surface area contributed by atoms with Gasteiger partial charge in [0.2, 0.25) is 0 Å². The number of para-hydroxylation sites is 1. The zero-order valence-electron chi connectivity index (χ0n) is 11.2. The highest BCUT2D eigenvalue weighted by atomic mass is 15.3. The normalized spacial score (nSPS) is 22.6. The maximum absolute atomic E-state index is 4.70. The molecule has 0 aliphatic heterocycles. The quantitative estimate of drug-likeness (QED) is 0.875. The Kier molecular flexibility index (Phi) is 3.08. The summed E-state index contributed by atoms with van der Waals surface area (Å²) in [6.45, 7) is 7.42. The predicted octanol–water partition coefficient (Wildman–Crippen LogP) is 2.80. The van der Waals surface area contributed by atoms with Crippen molar-refractivity contribution in [3.05, 3.63) is 30.0 Å². The second-order valence-electron chi connectivity index (χ2n) is 5.38. The number of aryl methyl sites for hydroxylation is 1. The van der Waals surface area contributed by atoms with Crippen LogP contribution in [-0.2, 0) is 13.1 Å². The molecule has 1 heterocycles. The molecule has 96 valence electrons. The molecule has 3 nitrogen and oxygen atoms in total. The van der Waals surface area contributed by atoms with Crippen molar-refractivity contribution in [2.45, 2.75) is 33.4 Å². The molecular formula is C15H21N3. The van der Waals surface area contributed by atoms with Gasteiger partial charge in [0.05, 0.1) is 11.2 Å². The summed E-state index contributed by atoms with van der Waals surface area (Å²) in [6, 6.07) is 8.50. The SMILES string of the molecule is CCn1nc(CNCC2CC2C)c2ccccc21. The Morgan fingerprint density at radius 1 is 1.39 bits per heavy atom. The van der Waals surface area contributed by atoms with Crippen LogP contribution in [0.5, 0.6) is 0 Å². The molecule has 1 aliphatic carbocycles. The lowest BCUT2D eigenvalue weighted by atomic mass is 10.2. The molecule has 0 amide bonds. The van der Waals surface area contributed by atoms with E-state index in [4.69, 9.17) is 5.10 Å². The summed E-state index contributed by atoms with van der Waals surface area (Å²) in [7, 11) is 0. The van der Waals surface area contributed by atoms with E-state index >= 15 is 0 Å². The minimum absolute atomic E-state index is 0.886. The van der Waals surface area contributed by atoms with Crippen molar-refractivity contribution in [3.8, 4) is 0 Å². The summed E-state index contributed by atoms with van der Waals surface area (Å²) in [6.07, 6.45) is 1.39. The average molecular weight is 243 g/mol. The minimum Gasteiger partial charge on any atom is -0.311 e. The van der Waals surface area contributed by atoms with Crippen molar-refractivity contribution < 1.29 is 0 Å². The topological polar surface area (TPSA) is 29.9 Å². The number of fused-ring (bicyclic) bond motifs is 1.